The molecule has 0 aliphatic carbocycles. The molecule has 2 aromatic rings. The number of halogens is 1. The molecular weight excluding hydrogens is 368 g/mol. The van der Waals surface area contributed by atoms with Crippen molar-refractivity contribution in [3.63, 3.8) is 0 Å². The Kier molecular flexibility index (Phi) is 7.12. The number of carbonyl (C=O) groups excluding carboxylic acids is 1. The van der Waals surface area contributed by atoms with E-state index in [1.165, 1.54) is 0 Å². The fourth-order valence-electron chi connectivity index (χ4n) is 2.23. The third-order valence-electron chi connectivity index (χ3n) is 3.44. The summed E-state index contributed by atoms with van der Waals surface area (Å²) in [5.41, 5.74) is 2.58. The van der Waals surface area contributed by atoms with Crippen molar-refractivity contribution in [2.75, 3.05) is 18.5 Å². The maximum absolute atomic E-state index is 12.2. The molecule has 2 rings (SSSR count). The lowest BCUT2D eigenvalue weighted by Gasteiger charge is -2.13. The summed E-state index contributed by atoms with van der Waals surface area (Å²) >= 11 is 3.42. The van der Waals surface area contributed by atoms with E-state index in [1.807, 2.05) is 49.4 Å². The largest absolute Gasteiger partial charge is 0.494 e. The molecular formula is C19H23BrN2O2. The van der Waals surface area contributed by atoms with Crippen molar-refractivity contribution in [2.45, 2.75) is 26.8 Å². The molecule has 4 nitrogen and oxygen atoms in total. The van der Waals surface area contributed by atoms with Gasteiger partial charge in [0.1, 0.15) is 5.75 Å². The summed E-state index contributed by atoms with van der Waals surface area (Å²) in [7, 11) is 0. The Labute approximate surface area is 151 Å². The van der Waals surface area contributed by atoms with Crippen molar-refractivity contribution in [1.29, 1.82) is 0 Å². The maximum atomic E-state index is 12.2. The molecule has 0 aliphatic heterocycles. The van der Waals surface area contributed by atoms with E-state index in [1.54, 1.807) is 0 Å². The standard InChI is InChI=1S/C19H23BrN2O2/c1-3-11-24-16-8-5-14(6-9-16)13-22-18-10-7-15(20)12-17(18)19(23)21-4-2/h5-10,12,22H,3-4,11,13H2,1-2H3,(H,21,23). The molecule has 2 N–H and O–H groups in total. The van der Waals surface area contributed by atoms with Crippen LogP contribution in [0.15, 0.2) is 46.9 Å². The van der Waals surface area contributed by atoms with E-state index in [9.17, 15) is 4.79 Å². The van der Waals surface area contributed by atoms with Crippen LogP contribution < -0.4 is 15.4 Å². The van der Waals surface area contributed by atoms with Crippen LogP contribution >= 0.6 is 15.9 Å². The van der Waals surface area contributed by atoms with Gasteiger partial charge in [-0.2, -0.15) is 0 Å². The zero-order valence-electron chi connectivity index (χ0n) is 14.1. The van der Waals surface area contributed by atoms with Crippen molar-refractivity contribution < 1.29 is 9.53 Å². The first-order chi connectivity index (χ1) is 11.6. The van der Waals surface area contributed by atoms with Crippen LogP contribution in [-0.4, -0.2) is 19.1 Å². The number of nitrogens with one attached hydrogen (secondary N) is 2. The third kappa shape index (κ3) is 5.27. The Hall–Kier alpha value is -2.01. The molecule has 0 saturated carbocycles. The minimum Gasteiger partial charge on any atom is -0.494 e. The van der Waals surface area contributed by atoms with Crippen LogP contribution in [-0.2, 0) is 6.54 Å². The van der Waals surface area contributed by atoms with Gasteiger partial charge in [0.2, 0.25) is 0 Å². The Morgan fingerprint density at radius 3 is 2.54 bits per heavy atom. The van der Waals surface area contributed by atoms with Crippen LogP contribution in [0.1, 0.15) is 36.2 Å². The predicted molar refractivity (Wildman–Crippen MR) is 102 cm³/mol. The van der Waals surface area contributed by atoms with Gasteiger partial charge < -0.3 is 15.4 Å². The molecule has 1 amide bonds. The number of ether oxygens (including phenoxy) is 1. The Balaban J connectivity index is 2.04. The SMILES string of the molecule is CCCOc1ccc(CNc2ccc(Br)cc2C(=O)NCC)cc1. The van der Waals surface area contributed by atoms with Gasteiger partial charge in [0, 0.05) is 23.2 Å². The molecule has 0 heterocycles. The highest BCUT2D eigenvalue weighted by molar-refractivity contribution is 9.10. The average Bonchev–Trinajstić information content (AvgIpc) is 2.60. The van der Waals surface area contributed by atoms with Gasteiger partial charge in [-0.3, -0.25) is 4.79 Å². The number of anilines is 1. The first-order valence-electron chi connectivity index (χ1n) is 8.17. The smallest absolute Gasteiger partial charge is 0.253 e. The number of rotatable bonds is 8. The first-order valence-corrected chi connectivity index (χ1v) is 8.96. The van der Waals surface area contributed by atoms with E-state index in [2.05, 4.69) is 33.5 Å². The molecule has 0 aliphatic rings. The Morgan fingerprint density at radius 1 is 1.12 bits per heavy atom. The average molecular weight is 391 g/mol. The predicted octanol–water partition coefficient (Wildman–Crippen LogP) is 4.60. The Morgan fingerprint density at radius 2 is 1.88 bits per heavy atom. The van der Waals surface area contributed by atoms with Crippen molar-refractivity contribution >= 4 is 27.5 Å². The van der Waals surface area contributed by atoms with Gasteiger partial charge in [-0.25, -0.2) is 0 Å². The summed E-state index contributed by atoms with van der Waals surface area (Å²) in [5.74, 6) is 0.803. The van der Waals surface area contributed by atoms with Crippen LogP contribution in [0.3, 0.4) is 0 Å². The highest BCUT2D eigenvalue weighted by Crippen LogP contribution is 2.22. The van der Waals surface area contributed by atoms with E-state index in [0.29, 0.717) is 18.7 Å². The number of hydrogen-bond donors (Lipinski definition) is 2. The summed E-state index contributed by atoms with van der Waals surface area (Å²) in [6.07, 6.45) is 0.996. The lowest BCUT2D eigenvalue weighted by molar-refractivity contribution is 0.0956. The lowest BCUT2D eigenvalue weighted by Crippen LogP contribution is -2.23. The summed E-state index contributed by atoms with van der Waals surface area (Å²) in [6, 6.07) is 13.7. The van der Waals surface area contributed by atoms with Gasteiger partial charge in [-0.05, 0) is 49.2 Å². The van der Waals surface area contributed by atoms with Crippen LogP contribution in [0.4, 0.5) is 5.69 Å². The maximum Gasteiger partial charge on any atom is 0.253 e. The summed E-state index contributed by atoms with van der Waals surface area (Å²) in [4.78, 5) is 12.2. The van der Waals surface area contributed by atoms with Gasteiger partial charge >= 0.3 is 0 Å². The zero-order chi connectivity index (χ0) is 17.4. The number of amides is 1. The van der Waals surface area contributed by atoms with Crippen molar-refractivity contribution in [1.82, 2.24) is 5.32 Å². The van der Waals surface area contributed by atoms with E-state index < -0.39 is 0 Å². The molecule has 0 atom stereocenters. The summed E-state index contributed by atoms with van der Waals surface area (Å²) in [5, 5.41) is 6.17. The van der Waals surface area contributed by atoms with Crippen LogP contribution in [0.25, 0.3) is 0 Å². The topological polar surface area (TPSA) is 50.4 Å². The van der Waals surface area contributed by atoms with E-state index in [4.69, 9.17) is 4.74 Å². The highest BCUT2D eigenvalue weighted by atomic mass is 79.9. The molecule has 24 heavy (non-hydrogen) atoms. The van der Waals surface area contributed by atoms with E-state index in [0.717, 1.165) is 34.5 Å². The quantitative estimate of drug-likeness (QED) is 0.692. The summed E-state index contributed by atoms with van der Waals surface area (Å²) < 4.78 is 6.47. The van der Waals surface area contributed by atoms with Gasteiger partial charge in [0.25, 0.3) is 5.91 Å². The number of benzene rings is 2. The zero-order valence-corrected chi connectivity index (χ0v) is 15.7. The summed E-state index contributed by atoms with van der Waals surface area (Å²) in [6.45, 7) is 5.96. The van der Waals surface area contributed by atoms with Crippen molar-refractivity contribution in [3.05, 3.63) is 58.1 Å². The minimum absolute atomic E-state index is 0.0791. The molecule has 128 valence electrons. The molecule has 0 aromatic heterocycles. The molecule has 0 unspecified atom stereocenters. The second kappa shape index (κ2) is 9.33. The van der Waals surface area contributed by atoms with Crippen molar-refractivity contribution in [2.24, 2.45) is 0 Å². The molecule has 0 radical (unpaired) electrons. The molecule has 0 saturated heterocycles. The monoisotopic (exact) mass is 390 g/mol. The van der Waals surface area contributed by atoms with Crippen LogP contribution in [0, 0.1) is 0 Å². The van der Waals surface area contributed by atoms with Crippen molar-refractivity contribution in [3.8, 4) is 5.75 Å². The highest BCUT2D eigenvalue weighted by Gasteiger charge is 2.11. The lowest BCUT2D eigenvalue weighted by atomic mass is 10.1. The van der Waals surface area contributed by atoms with Crippen LogP contribution in [0.2, 0.25) is 0 Å². The normalized spacial score (nSPS) is 10.3. The second-order valence-electron chi connectivity index (χ2n) is 5.40. The van der Waals surface area contributed by atoms with Gasteiger partial charge in [0.15, 0.2) is 0 Å². The molecule has 0 bridgehead atoms. The first kappa shape index (κ1) is 18.3. The molecule has 5 heteroatoms. The number of carbonyl (C=O) groups is 1. The fraction of sp³-hybridized carbons (Fsp3) is 0.316. The van der Waals surface area contributed by atoms with E-state index in [-0.39, 0.29) is 5.91 Å². The van der Waals surface area contributed by atoms with Crippen LogP contribution in [0.5, 0.6) is 5.75 Å². The fourth-order valence-corrected chi connectivity index (χ4v) is 2.60. The molecule has 2 aromatic carbocycles. The molecule has 0 fully saturated rings. The Bertz CT molecular complexity index is 672. The minimum atomic E-state index is -0.0791. The third-order valence-corrected chi connectivity index (χ3v) is 3.94. The van der Waals surface area contributed by atoms with Gasteiger partial charge in [-0.1, -0.05) is 35.0 Å². The van der Waals surface area contributed by atoms with Gasteiger partial charge in [0.05, 0.1) is 12.2 Å². The second-order valence-corrected chi connectivity index (χ2v) is 6.31. The van der Waals surface area contributed by atoms with Gasteiger partial charge in [-0.15, -0.1) is 0 Å². The number of hydrogen-bond acceptors (Lipinski definition) is 3. The van der Waals surface area contributed by atoms with E-state index >= 15 is 0 Å². The molecule has 0 spiro atoms.